The zero-order valence-corrected chi connectivity index (χ0v) is 14.9. The smallest absolute Gasteiger partial charge is 0.220 e. The van der Waals surface area contributed by atoms with Crippen LogP contribution in [0.15, 0.2) is 4.99 Å². The molecule has 1 aliphatic heterocycles. The maximum atomic E-state index is 11.4. The first-order valence-corrected chi connectivity index (χ1v) is 7.49. The van der Waals surface area contributed by atoms with Crippen molar-refractivity contribution < 1.29 is 4.79 Å². The van der Waals surface area contributed by atoms with Crippen molar-refractivity contribution in [2.45, 2.75) is 45.1 Å². The zero-order valence-electron chi connectivity index (χ0n) is 12.5. The number of nitrogens with zero attached hydrogens (tertiary/aromatic N) is 2. The molecule has 0 aromatic carbocycles. The van der Waals surface area contributed by atoms with Crippen molar-refractivity contribution in [3.05, 3.63) is 0 Å². The molecule has 116 valence electrons. The standard InChI is InChI=1S/C14H26N4O.HI/c1-3-16-14(17-12-4-5-12)18-8-6-11(7-9-18)10-13(19)15-2;/h11-12H,3-10H2,1-2H3,(H,15,19)(H,16,17);1H. The number of hydrogen-bond acceptors (Lipinski definition) is 2. The lowest BCUT2D eigenvalue weighted by atomic mass is 9.93. The molecule has 0 aromatic rings. The fraction of sp³-hybridized carbons (Fsp3) is 0.857. The number of piperidine rings is 1. The summed E-state index contributed by atoms with van der Waals surface area (Å²) in [5.41, 5.74) is 0. The molecule has 2 rings (SSSR count). The molecule has 1 saturated heterocycles. The summed E-state index contributed by atoms with van der Waals surface area (Å²) in [6.07, 6.45) is 5.39. The van der Waals surface area contributed by atoms with E-state index in [4.69, 9.17) is 0 Å². The molecule has 0 bridgehead atoms. The van der Waals surface area contributed by atoms with E-state index in [2.05, 4.69) is 27.4 Å². The topological polar surface area (TPSA) is 56.7 Å². The van der Waals surface area contributed by atoms with Crippen LogP contribution in [0.2, 0.25) is 0 Å². The van der Waals surface area contributed by atoms with Gasteiger partial charge in [-0.05, 0) is 38.5 Å². The highest BCUT2D eigenvalue weighted by Crippen LogP contribution is 2.22. The van der Waals surface area contributed by atoms with Crippen molar-refractivity contribution in [1.82, 2.24) is 15.5 Å². The highest BCUT2D eigenvalue weighted by molar-refractivity contribution is 14.0. The quantitative estimate of drug-likeness (QED) is 0.433. The summed E-state index contributed by atoms with van der Waals surface area (Å²) in [6, 6.07) is 0.647. The number of aliphatic imine (C=N–C) groups is 1. The van der Waals surface area contributed by atoms with Crippen molar-refractivity contribution in [3.8, 4) is 0 Å². The summed E-state index contributed by atoms with van der Waals surface area (Å²) in [6.45, 7) is 4.93. The summed E-state index contributed by atoms with van der Waals surface area (Å²) in [5.74, 6) is 1.76. The lowest BCUT2D eigenvalue weighted by molar-refractivity contribution is -0.121. The molecule has 1 aliphatic carbocycles. The van der Waals surface area contributed by atoms with Crippen LogP contribution in [-0.2, 0) is 4.79 Å². The Labute approximate surface area is 139 Å². The summed E-state index contributed by atoms with van der Waals surface area (Å²) in [7, 11) is 1.71. The Bertz CT molecular complexity index is 336. The van der Waals surface area contributed by atoms with E-state index in [1.54, 1.807) is 7.05 Å². The Balaban J connectivity index is 0.00000200. The van der Waals surface area contributed by atoms with Crippen LogP contribution in [0.1, 0.15) is 39.0 Å². The van der Waals surface area contributed by atoms with E-state index in [9.17, 15) is 4.79 Å². The third kappa shape index (κ3) is 5.46. The second kappa shape index (κ2) is 8.69. The van der Waals surface area contributed by atoms with Crippen molar-refractivity contribution in [2.24, 2.45) is 10.9 Å². The second-order valence-electron chi connectivity index (χ2n) is 5.52. The highest BCUT2D eigenvalue weighted by atomic mass is 127. The summed E-state index contributed by atoms with van der Waals surface area (Å²) in [5, 5.41) is 6.24. The van der Waals surface area contributed by atoms with Crippen molar-refractivity contribution in [3.63, 3.8) is 0 Å². The lowest BCUT2D eigenvalue weighted by Crippen LogP contribution is -2.46. The largest absolute Gasteiger partial charge is 0.359 e. The van der Waals surface area contributed by atoms with Gasteiger partial charge in [0.15, 0.2) is 5.96 Å². The first kappa shape index (κ1) is 17.5. The minimum atomic E-state index is 0. The molecule has 2 fully saturated rings. The predicted molar refractivity (Wildman–Crippen MR) is 92.5 cm³/mol. The molecule has 1 heterocycles. The third-order valence-electron chi connectivity index (χ3n) is 3.89. The van der Waals surface area contributed by atoms with Gasteiger partial charge >= 0.3 is 0 Å². The molecule has 0 aromatic heterocycles. The number of guanidine groups is 1. The number of rotatable bonds is 4. The zero-order chi connectivity index (χ0) is 13.7. The van der Waals surface area contributed by atoms with Crippen LogP contribution in [0, 0.1) is 5.92 Å². The van der Waals surface area contributed by atoms with Crippen molar-refractivity contribution in [1.29, 1.82) is 0 Å². The van der Waals surface area contributed by atoms with Gasteiger partial charge in [0.25, 0.3) is 0 Å². The van der Waals surface area contributed by atoms with Crippen molar-refractivity contribution in [2.75, 3.05) is 26.7 Å². The average molecular weight is 394 g/mol. The average Bonchev–Trinajstić information content (AvgIpc) is 3.23. The molecule has 6 heteroatoms. The molecule has 0 spiro atoms. The molecule has 2 N–H and O–H groups in total. The first-order chi connectivity index (χ1) is 9.22. The van der Waals surface area contributed by atoms with Gasteiger partial charge in [-0.2, -0.15) is 0 Å². The van der Waals surface area contributed by atoms with Gasteiger partial charge in [-0.15, -0.1) is 24.0 Å². The fourth-order valence-corrected chi connectivity index (χ4v) is 2.51. The van der Waals surface area contributed by atoms with Gasteiger partial charge in [-0.1, -0.05) is 0 Å². The first-order valence-electron chi connectivity index (χ1n) is 7.49. The maximum Gasteiger partial charge on any atom is 0.220 e. The van der Waals surface area contributed by atoms with Gasteiger partial charge in [-0.3, -0.25) is 9.79 Å². The van der Waals surface area contributed by atoms with Crippen LogP contribution in [0.3, 0.4) is 0 Å². The molecular weight excluding hydrogens is 367 g/mol. The van der Waals surface area contributed by atoms with E-state index in [1.165, 1.54) is 12.8 Å². The van der Waals surface area contributed by atoms with Gasteiger partial charge in [0.1, 0.15) is 0 Å². The second-order valence-corrected chi connectivity index (χ2v) is 5.52. The minimum Gasteiger partial charge on any atom is -0.359 e. The third-order valence-corrected chi connectivity index (χ3v) is 3.89. The van der Waals surface area contributed by atoms with Gasteiger partial charge in [0.05, 0.1) is 0 Å². The van der Waals surface area contributed by atoms with Crippen molar-refractivity contribution >= 4 is 35.8 Å². The normalized spacial score (nSPS) is 20.3. The van der Waals surface area contributed by atoms with Crippen LogP contribution < -0.4 is 10.6 Å². The molecule has 1 amide bonds. The highest BCUT2D eigenvalue weighted by Gasteiger charge is 2.27. The van der Waals surface area contributed by atoms with Gasteiger partial charge in [0, 0.05) is 39.1 Å². The molecule has 0 radical (unpaired) electrons. The Morgan fingerprint density at radius 3 is 2.40 bits per heavy atom. The number of halogens is 1. The minimum absolute atomic E-state index is 0. The predicted octanol–water partition coefficient (Wildman–Crippen LogP) is 1.58. The van der Waals surface area contributed by atoms with Crippen LogP contribution in [-0.4, -0.2) is 49.5 Å². The Morgan fingerprint density at radius 1 is 1.25 bits per heavy atom. The number of amides is 1. The van der Waals surface area contributed by atoms with E-state index in [0.29, 0.717) is 18.4 Å². The van der Waals surface area contributed by atoms with Gasteiger partial charge < -0.3 is 15.5 Å². The van der Waals surface area contributed by atoms with Crippen LogP contribution in [0.4, 0.5) is 0 Å². The van der Waals surface area contributed by atoms with Gasteiger partial charge in [-0.25, -0.2) is 0 Å². The Morgan fingerprint density at radius 2 is 1.90 bits per heavy atom. The van der Waals surface area contributed by atoms with Crippen LogP contribution in [0.5, 0.6) is 0 Å². The lowest BCUT2D eigenvalue weighted by Gasteiger charge is -2.34. The number of carbonyl (C=O) groups is 1. The molecule has 1 saturated carbocycles. The molecular formula is C14H27IN4O. The summed E-state index contributed by atoms with van der Waals surface area (Å²) < 4.78 is 0. The van der Waals surface area contributed by atoms with E-state index in [-0.39, 0.29) is 29.9 Å². The monoisotopic (exact) mass is 394 g/mol. The van der Waals surface area contributed by atoms with Crippen LogP contribution in [0.25, 0.3) is 0 Å². The maximum absolute atomic E-state index is 11.4. The molecule has 5 nitrogen and oxygen atoms in total. The molecule has 0 unspecified atom stereocenters. The van der Waals surface area contributed by atoms with E-state index in [1.807, 2.05) is 0 Å². The number of likely N-dealkylation sites (tertiary alicyclic amines) is 1. The summed E-state index contributed by atoms with van der Waals surface area (Å²) in [4.78, 5) is 18.3. The van der Waals surface area contributed by atoms with Crippen LogP contribution >= 0.6 is 24.0 Å². The van der Waals surface area contributed by atoms with Gasteiger partial charge in [0.2, 0.25) is 5.91 Å². The Kier molecular flexibility index (Phi) is 7.61. The Hall–Kier alpha value is -0.530. The SMILES string of the molecule is CCN=C(NC1CC1)N1CCC(CC(=O)NC)CC1.I. The molecule has 2 aliphatic rings. The number of nitrogens with one attached hydrogen (secondary N) is 2. The molecule has 20 heavy (non-hydrogen) atoms. The fourth-order valence-electron chi connectivity index (χ4n) is 2.51. The summed E-state index contributed by atoms with van der Waals surface area (Å²) >= 11 is 0. The molecule has 0 atom stereocenters. The van der Waals surface area contributed by atoms with E-state index in [0.717, 1.165) is 38.4 Å². The number of hydrogen-bond donors (Lipinski definition) is 2. The van der Waals surface area contributed by atoms with E-state index >= 15 is 0 Å². The van der Waals surface area contributed by atoms with E-state index < -0.39 is 0 Å². The number of carbonyl (C=O) groups excluding carboxylic acids is 1.